The Morgan fingerprint density at radius 1 is 1.42 bits per heavy atom. The van der Waals surface area contributed by atoms with Crippen LogP contribution in [0, 0.1) is 11.3 Å². The number of methoxy groups -OCH3 is 1. The molecule has 0 spiro atoms. The Morgan fingerprint density at radius 2 is 2.35 bits per heavy atom. The molecular formula is C18H13N5O2S. The van der Waals surface area contributed by atoms with Gasteiger partial charge in [-0.15, -0.1) is 11.3 Å². The molecule has 2 N–H and O–H groups in total. The maximum absolute atomic E-state index is 9.23. The summed E-state index contributed by atoms with van der Waals surface area (Å²) in [6, 6.07) is 11.5. The summed E-state index contributed by atoms with van der Waals surface area (Å²) in [4.78, 5) is 8.20. The lowest BCUT2D eigenvalue weighted by Crippen LogP contribution is -1.91. The van der Waals surface area contributed by atoms with Crippen molar-refractivity contribution in [1.29, 1.82) is 5.26 Å². The third-order valence-electron chi connectivity index (χ3n) is 3.76. The first-order valence-corrected chi connectivity index (χ1v) is 8.55. The molecule has 0 bridgehead atoms. The molecule has 0 fully saturated rings. The summed E-state index contributed by atoms with van der Waals surface area (Å²) in [7, 11) is 1.63. The van der Waals surface area contributed by atoms with Gasteiger partial charge in [0.25, 0.3) is 5.88 Å². The molecular weight excluding hydrogens is 350 g/mol. The zero-order valence-electron chi connectivity index (χ0n) is 13.7. The lowest BCUT2D eigenvalue weighted by Gasteiger charge is -1.99. The number of rotatable bonds is 5. The Morgan fingerprint density at radius 3 is 3.12 bits per heavy atom. The number of aromatic amines is 1. The average Bonchev–Trinajstić information content (AvgIpc) is 3.41. The highest BCUT2D eigenvalue weighted by atomic mass is 32.1. The van der Waals surface area contributed by atoms with Crippen LogP contribution < -0.4 is 10.2 Å². The minimum absolute atomic E-state index is 0.158. The van der Waals surface area contributed by atoms with E-state index in [1.165, 1.54) is 11.3 Å². The van der Waals surface area contributed by atoms with Crippen LogP contribution in [0.2, 0.25) is 0 Å². The highest BCUT2D eigenvalue weighted by molar-refractivity contribution is 7.13. The number of H-pyrrole nitrogens is 1. The molecule has 0 aliphatic rings. The first-order chi connectivity index (χ1) is 12.8. The van der Waals surface area contributed by atoms with Gasteiger partial charge in [0.2, 0.25) is 11.6 Å². The minimum atomic E-state index is 0.158. The Labute approximate surface area is 152 Å². The SMILES string of the molecule is COc1ccc2[nH]cc(C=NNc3oc(-c4cccs4)nc3C#N)c2c1. The van der Waals surface area contributed by atoms with Gasteiger partial charge < -0.3 is 14.1 Å². The van der Waals surface area contributed by atoms with Gasteiger partial charge in [-0.2, -0.15) is 15.3 Å². The van der Waals surface area contributed by atoms with Gasteiger partial charge in [0, 0.05) is 22.7 Å². The monoisotopic (exact) mass is 363 g/mol. The summed E-state index contributed by atoms with van der Waals surface area (Å²) in [5.74, 6) is 1.37. The molecule has 8 heteroatoms. The van der Waals surface area contributed by atoms with Crippen molar-refractivity contribution >= 4 is 34.3 Å². The van der Waals surface area contributed by atoms with Crippen molar-refractivity contribution < 1.29 is 9.15 Å². The summed E-state index contributed by atoms with van der Waals surface area (Å²) in [5, 5.41) is 16.3. The fourth-order valence-electron chi connectivity index (χ4n) is 2.49. The second kappa shape index (κ2) is 6.74. The van der Waals surface area contributed by atoms with Crippen molar-refractivity contribution in [2.45, 2.75) is 0 Å². The van der Waals surface area contributed by atoms with Crippen molar-refractivity contribution in [2.24, 2.45) is 5.10 Å². The number of thiophene rings is 1. The molecule has 0 amide bonds. The highest BCUT2D eigenvalue weighted by Crippen LogP contribution is 2.28. The van der Waals surface area contributed by atoms with Gasteiger partial charge in [0.15, 0.2) is 0 Å². The smallest absolute Gasteiger partial charge is 0.252 e. The quantitative estimate of drug-likeness (QED) is 0.409. The number of oxazole rings is 1. The summed E-state index contributed by atoms with van der Waals surface area (Å²) in [6.45, 7) is 0. The molecule has 0 atom stereocenters. The fourth-order valence-corrected chi connectivity index (χ4v) is 3.14. The van der Waals surface area contributed by atoms with Crippen molar-refractivity contribution in [2.75, 3.05) is 12.5 Å². The van der Waals surface area contributed by atoms with Gasteiger partial charge in [-0.05, 0) is 29.6 Å². The van der Waals surface area contributed by atoms with E-state index in [-0.39, 0.29) is 11.6 Å². The van der Waals surface area contributed by atoms with E-state index in [0.717, 1.165) is 27.1 Å². The molecule has 0 aliphatic carbocycles. The van der Waals surface area contributed by atoms with Crippen molar-refractivity contribution in [1.82, 2.24) is 9.97 Å². The second-order valence-electron chi connectivity index (χ2n) is 5.31. The van der Waals surface area contributed by atoms with E-state index in [0.29, 0.717) is 5.89 Å². The van der Waals surface area contributed by atoms with Crippen LogP contribution in [0.4, 0.5) is 5.88 Å². The van der Waals surface area contributed by atoms with Crippen LogP contribution >= 0.6 is 11.3 Å². The van der Waals surface area contributed by atoms with Gasteiger partial charge >= 0.3 is 0 Å². The van der Waals surface area contributed by atoms with Gasteiger partial charge in [0.05, 0.1) is 18.2 Å². The van der Waals surface area contributed by atoms with E-state index in [9.17, 15) is 5.26 Å². The topological polar surface area (TPSA) is 99.2 Å². The first-order valence-electron chi connectivity index (χ1n) is 7.67. The lowest BCUT2D eigenvalue weighted by molar-refractivity contribution is 0.415. The van der Waals surface area contributed by atoms with Gasteiger partial charge in [-0.3, -0.25) is 0 Å². The van der Waals surface area contributed by atoms with Crippen molar-refractivity contribution in [3.05, 3.63) is 53.2 Å². The average molecular weight is 363 g/mol. The number of anilines is 1. The summed E-state index contributed by atoms with van der Waals surface area (Å²) >= 11 is 1.49. The number of nitrogens with one attached hydrogen (secondary N) is 2. The molecule has 0 saturated heterocycles. The van der Waals surface area contributed by atoms with Crippen molar-refractivity contribution in [3.8, 4) is 22.6 Å². The third-order valence-corrected chi connectivity index (χ3v) is 4.61. The van der Waals surface area contributed by atoms with Crippen LogP contribution in [0.25, 0.3) is 21.7 Å². The Balaban J connectivity index is 1.58. The number of hydrazone groups is 1. The van der Waals surface area contributed by atoms with E-state index >= 15 is 0 Å². The van der Waals surface area contributed by atoms with Crippen LogP contribution in [0.1, 0.15) is 11.3 Å². The van der Waals surface area contributed by atoms with E-state index in [1.807, 2.05) is 48.0 Å². The molecule has 1 aromatic carbocycles. The van der Waals surface area contributed by atoms with Gasteiger partial charge in [-0.25, -0.2) is 5.43 Å². The van der Waals surface area contributed by atoms with Gasteiger partial charge in [-0.1, -0.05) is 6.07 Å². The number of benzene rings is 1. The summed E-state index contributed by atoms with van der Waals surface area (Å²) in [5.41, 5.74) is 4.77. The van der Waals surface area contributed by atoms with Crippen LogP contribution in [-0.4, -0.2) is 23.3 Å². The maximum Gasteiger partial charge on any atom is 0.252 e. The molecule has 4 rings (SSSR count). The molecule has 128 valence electrons. The third kappa shape index (κ3) is 2.92. The van der Waals surface area contributed by atoms with Crippen molar-refractivity contribution in [3.63, 3.8) is 0 Å². The zero-order chi connectivity index (χ0) is 17.9. The maximum atomic E-state index is 9.23. The first kappa shape index (κ1) is 15.9. The number of aromatic nitrogens is 2. The second-order valence-corrected chi connectivity index (χ2v) is 6.26. The number of fused-ring (bicyclic) bond motifs is 1. The number of ether oxygens (including phenoxy) is 1. The molecule has 3 heterocycles. The number of nitrogens with zero attached hydrogens (tertiary/aromatic N) is 3. The van der Waals surface area contributed by atoms with E-state index in [4.69, 9.17) is 9.15 Å². The van der Waals surface area contributed by atoms with Crippen LogP contribution in [0.5, 0.6) is 5.75 Å². The van der Waals surface area contributed by atoms with Crippen LogP contribution in [0.3, 0.4) is 0 Å². The van der Waals surface area contributed by atoms with Crippen LogP contribution in [0.15, 0.2) is 51.4 Å². The Hall–Kier alpha value is -3.57. The molecule has 0 radical (unpaired) electrons. The predicted molar refractivity (Wildman–Crippen MR) is 101 cm³/mol. The normalized spacial score (nSPS) is 11.1. The summed E-state index contributed by atoms with van der Waals surface area (Å²) in [6.07, 6.45) is 3.49. The summed E-state index contributed by atoms with van der Waals surface area (Å²) < 4.78 is 10.9. The Bertz CT molecular complexity index is 1120. The molecule has 0 saturated carbocycles. The molecule has 7 nitrogen and oxygen atoms in total. The standard InChI is InChI=1S/C18H13N5O2S/c1-24-12-4-5-14-13(7-12)11(9-20-14)10-21-23-17-15(8-19)22-18(25-17)16-3-2-6-26-16/h2-7,9-10,20,23H,1H3. The fraction of sp³-hybridized carbons (Fsp3) is 0.0556. The van der Waals surface area contributed by atoms with Gasteiger partial charge in [0.1, 0.15) is 11.8 Å². The molecule has 0 aliphatic heterocycles. The zero-order valence-corrected chi connectivity index (χ0v) is 14.5. The van der Waals surface area contributed by atoms with E-state index in [1.54, 1.807) is 13.3 Å². The number of hydrogen-bond acceptors (Lipinski definition) is 7. The van der Waals surface area contributed by atoms with Crippen LogP contribution in [-0.2, 0) is 0 Å². The highest BCUT2D eigenvalue weighted by Gasteiger charge is 2.14. The molecule has 4 aromatic rings. The number of nitriles is 1. The molecule has 0 unspecified atom stereocenters. The largest absolute Gasteiger partial charge is 0.497 e. The number of hydrogen-bond donors (Lipinski definition) is 2. The molecule has 26 heavy (non-hydrogen) atoms. The predicted octanol–water partition coefficient (Wildman–Crippen LogP) is 4.21. The van der Waals surface area contributed by atoms with E-state index in [2.05, 4.69) is 20.5 Å². The lowest BCUT2D eigenvalue weighted by atomic mass is 10.2. The minimum Gasteiger partial charge on any atom is -0.497 e. The molecule has 3 aromatic heterocycles. The van der Waals surface area contributed by atoms with E-state index < -0.39 is 0 Å². The Kier molecular flexibility index (Phi) is 4.13.